The first kappa shape index (κ1) is 19.2. The zero-order valence-corrected chi connectivity index (χ0v) is 18.0. The zero-order chi connectivity index (χ0) is 19.8. The molecule has 0 radical (unpaired) electrons. The van der Waals surface area contributed by atoms with Crippen LogP contribution in [-0.2, 0) is 11.8 Å². The summed E-state index contributed by atoms with van der Waals surface area (Å²) in [5, 5.41) is 0. The van der Waals surface area contributed by atoms with E-state index in [9.17, 15) is 0 Å². The van der Waals surface area contributed by atoms with Crippen LogP contribution in [0.1, 0.15) is 76.5 Å². The summed E-state index contributed by atoms with van der Waals surface area (Å²) in [5.41, 5.74) is 9.41. The fourth-order valence-corrected chi connectivity index (χ4v) is 4.98. The smallest absolute Gasteiger partial charge is 0.00574 e. The summed E-state index contributed by atoms with van der Waals surface area (Å²) >= 11 is 0. The van der Waals surface area contributed by atoms with Gasteiger partial charge in [-0.3, -0.25) is 0 Å². The van der Waals surface area contributed by atoms with Gasteiger partial charge < -0.3 is 0 Å². The van der Waals surface area contributed by atoms with Crippen LogP contribution in [0.15, 0.2) is 60.2 Å². The van der Waals surface area contributed by atoms with Crippen molar-refractivity contribution in [3.63, 3.8) is 0 Å². The predicted octanol–water partition coefficient (Wildman–Crippen LogP) is 8.12. The molecule has 0 amide bonds. The van der Waals surface area contributed by atoms with Crippen molar-refractivity contribution in [2.45, 2.75) is 71.6 Å². The maximum atomic E-state index is 2.51. The summed E-state index contributed by atoms with van der Waals surface area (Å²) in [7, 11) is 0. The van der Waals surface area contributed by atoms with Gasteiger partial charge in [0.1, 0.15) is 0 Å². The standard InChI is InChI=1S/C28H34/c1-5-28(16-7-6-8-17-28)20-21-18-23-10-9-11-25(26(23)19-21)22-12-14-24(15-13-22)27(2,3)4/h6-7,9-15,19H,5,8,16-18,20H2,1-4H3. The van der Waals surface area contributed by atoms with Crippen LogP contribution in [0.4, 0.5) is 0 Å². The lowest BCUT2D eigenvalue weighted by atomic mass is 9.70. The van der Waals surface area contributed by atoms with Gasteiger partial charge >= 0.3 is 0 Å². The van der Waals surface area contributed by atoms with Crippen LogP contribution < -0.4 is 0 Å². The Morgan fingerprint density at radius 3 is 2.39 bits per heavy atom. The highest BCUT2D eigenvalue weighted by Gasteiger charge is 2.30. The molecule has 0 heteroatoms. The lowest BCUT2D eigenvalue weighted by Crippen LogP contribution is -2.21. The maximum absolute atomic E-state index is 2.51. The van der Waals surface area contributed by atoms with Crippen molar-refractivity contribution in [2.24, 2.45) is 5.41 Å². The molecule has 0 saturated carbocycles. The average Bonchev–Trinajstić information content (AvgIpc) is 3.10. The first-order valence-corrected chi connectivity index (χ1v) is 11.0. The molecule has 0 saturated heterocycles. The maximum Gasteiger partial charge on any atom is -0.00574 e. The third-order valence-electron chi connectivity index (χ3n) is 6.94. The van der Waals surface area contributed by atoms with E-state index in [-0.39, 0.29) is 5.41 Å². The Balaban J connectivity index is 1.63. The lowest BCUT2D eigenvalue weighted by molar-refractivity contribution is 0.243. The highest BCUT2D eigenvalue weighted by Crippen LogP contribution is 2.45. The molecule has 1 atom stereocenters. The van der Waals surface area contributed by atoms with Crippen molar-refractivity contribution in [1.82, 2.24) is 0 Å². The average molecular weight is 371 g/mol. The summed E-state index contributed by atoms with van der Waals surface area (Å²) in [5.74, 6) is 0. The van der Waals surface area contributed by atoms with Gasteiger partial charge in [0.2, 0.25) is 0 Å². The van der Waals surface area contributed by atoms with Crippen LogP contribution >= 0.6 is 0 Å². The van der Waals surface area contributed by atoms with Gasteiger partial charge in [-0.15, -0.1) is 0 Å². The summed E-state index contributed by atoms with van der Waals surface area (Å²) < 4.78 is 0. The minimum Gasteiger partial charge on any atom is -0.0885 e. The predicted molar refractivity (Wildman–Crippen MR) is 123 cm³/mol. The molecule has 2 aromatic carbocycles. The molecular formula is C28H34. The Morgan fingerprint density at radius 1 is 0.964 bits per heavy atom. The minimum absolute atomic E-state index is 0.202. The molecule has 2 aliphatic carbocycles. The van der Waals surface area contributed by atoms with E-state index in [1.54, 1.807) is 5.57 Å². The number of allylic oxidation sites excluding steroid dienone is 3. The van der Waals surface area contributed by atoms with Gasteiger partial charge in [-0.1, -0.05) is 94.0 Å². The van der Waals surface area contributed by atoms with Crippen LogP contribution in [0.3, 0.4) is 0 Å². The Hall–Kier alpha value is -2.08. The summed E-state index contributed by atoms with van der Waals surface area (Å²) in [4.78, 5) is 0. The molecule has 28 heavy (non-hydrogen) atoms. The van der Waals surface area contributed by atoms with Crippen molar-refractivity contribution in [2.75, 3.05) is 0 Å². The Morgan fingerprint density at radius 2 is 1.75 bits per heavy atom. The van der Waals surface area contributed by atoms with Crippen molar-refractivity contribution in [3.8, 4) is 11.1 Å². The Bertz CT molecular complexity index is 902. The first-order valence-electron chi connectivity index (χ1n) is 11.0. The van der Waals surface area contributed by atoms with Gasteiger partial charge in [0.25, 0.3) is 0 Å². The molecule has 0 fully saturated rings. The van der Waals surface area contributed by atoms with Gasteiger partial charge in [-0.2, -0.15) is 0 Å². The van der Waals surface area contributed by atoms with Gasteiger partial charge in [0, 0.05) is 0 Å². The number of rotatable bonds is 4. The van der Waals surface area contributed by atoms with E-state index in [2.05, 4.69) is 88.4 Å². The van der Waals surface area contributed by atoms with Gasteiger partial charge in [0.15, 0.2) is 0 Å². The van der Waals surface area contributed by atoms with E-state index in [0.29, 0.717) is 5.41 Å². The van der Waals surface area contributed by atoms with E-state index in [4.69, 9.17) is 0 Å². The van der Waals surface area contributed by atoms with E-state index >= 15 is 0 Å². The first-order chi connectivity index (χ1) is 13.4. The molecule has 2 aromatic rings. The van der Waals surface area contributed by atoms with Crippen LogP contribution in [-0.4, -0.2) is 0 Å². The van der Waals surface area contributed by atoms with Crippen LogP contribution in [0.2, 0.25) is 0 Å². The fourth-order valence-electron chi connectivity index (χ4n) is 4.98. The number of hydrogen-bond donors (Lipinski definition) is 0. The Labute approximate surface area is 171 Å². The van der Waals surface area contributed by atoms with Crippen LogP contribution in [0, 0.1) is 5.41 Å². The number of hydrogen-bond acceptors (Lipinski definition) is 0. The van der Waals surface area contributed by atoms with E-state index in [1.807, 2.05) is 0 Å². The molecule has 0 heterocycles. The molecule has 0 spiro atoms. The number of fused-ring (bicyclic) bond motifs is 1. The van der Waals surface area contributed by atoms with Crippen molar-refractivity contribution in [1.29, 1.82) is 0 Å². The van der Waals surface area contributed by atoms with Gasteiger partial charge in [-0.05, 0) is 77.2 Å². The monoisotopic (exact) mass is 370 g/mol. The normalized spacial score (nSPS) is 21.5. The molecule has 0 aromatic heterocycles. The van der Waals surface area contributed by atoms with Crippen LogP contribution in [0.5, 0.6) is 0 Å². The summed E-state index contributed by atoms with van der Waals surface area (Å²) in [6.45, 7) is 9.22. The van der Waals surface area contributed by atoms with Crippen molar-refractivity contribution < 1.29 is 0 Å². The summed E-state index contributed by atoms with van der Waals surface area (Å²) in [6, 6.07) is 16.1. The molecule has 0 aliphatic heterocycles. The van der Waals surface area contributed by atoms with E-state index < -0.39 is 0 Å². The zero-order valence-electron chi connectivity index (χ0n) is 18.0. The second kappa shape index (κ2) is 7.39. The second-order valence-corrected chi connectivity index (χ2v) is 9.93. The highest BCUT2D eigenvalue weighted by atomic mass is 14.4. The van der Waals surface area contributed by atoms with E-state index in [1.165, 1.54) is 59.9 Å². The molecule has 0 nitrogen and oxygen atoms in total. The molecule has 0 N–H and O–H groups in total. The minimum atomic E-state index is 0.202. The topological polar surface area (TPSA) is 0 Å². The quantitative estimate of drug-likeness (QED) is 0.477. The number of benzene rings is 2. The second-order valence-electron chi connectivity index (χ2n) is 9.93. The highest BCUT2D eigenvalue weighted by molar-refractivity contribution is 5.81. The molecule has 146 valence electrons. The molecular weight excluding hydrogens is 336 g/mol. The third kappa shape index (κ3) is 3.75. The summed E-state index contributed by atoms with van der Waals surface area (Å²) in [6.07, 6.45) is 14.8. The molecule has 4 rings (SSSR count). The fraction of sp³-hybridized carbons (Fsp3) is 0.429. The SMILES string of the molecule is CCC1(CC2=Cc3c(cccc3-c3ccc(C(C)(C)C)cc3)C2)CC=CCC1. The van der Waals surface area contributed by atoms with Crippen molar-refractivity contribution >= 4 is 6.08 Å². The van der Waals surface area contributed by atoms with Crippen molar-refractivity contribution in [3.05, 3.63) is 76.9 Å². The largest absolute Gasteiger partial charge is 0.0885 e. The molecule has 0 bridgehead atoms. The Kier molecular flexibility index (Phi) is 5.08. The van der Waals surface area contributed by atoms with Gasteiger partial charge in [-0.25, -0.2) is 0 Å². The third-order valence-corrected chi connectivity index (χ3v) is 6.94. The molecule has 2 aliphatic rings. The van der Waals surface area contributed by atoms with E-state index in [0.717, 1.165) is 6.42 Å². The lowest BCUT2D eigenvalue weighted by Gasteiger charge is -2.34. The van der Waals surface area contributed by atoms with Crippen LogP contribution in [0.25, 0.3) is 17.2 Å². The molecule has 1 unspecified atom stereocenters. The van der Waals surface area contributed by atoms with Gasteiger partial charge in [0.05, 0.1) is 0 Å².